The summed E-state index contributed by atoms with van der Waals surface area (Å²) in [6, 6.07) is 5.41. The van der Waals surface area contributed by atoms with Crippen LogP contribution in [0, 0.1) is 6.92 Å². The number of carbonyl (C=O) groups excluding carboxylic acids is 1. The summed E-state index contributed by atoms with van der Waals surface area (Å²) in [5.41, 5.74) is 7.31. The van der Waals surface area contributed by atoms with Gasteiger partial charge >= 0.3 is 0 Å². The third kappa shape index (κ3) is 3.83. The Balaban J connectivity index is 2.16. The number of hydrogen-bond acceptors (Lipinski definition) is 5. The number of methoxy groups -OCH3 is 2. The van der Waals surface area contributed by atoms with E-state index < -0.39 is 0 Å². The summed E-state index contributed by atoms with van der Waals surface area (Å²) in [4.78, 5) is 12.1. The monoisotopic (exact) mass is 320 g/mol. The molecule has 3 N–H and O–H groups in total. The fraction of sp³-hybridized carbons (Fsp3) is 0.471. The number of ether oxygens (including phenoxy) is 2. The number of carbonyl (C=O) groups is 1. The highest BCUT2D eigenvalue weighted by Gasteiger charge is 2.20. The molecule has 0 aliphatic heterocycles. The normalized spacial score (nSPS) is 13.8. The summed E-state index contributed by atoms with van der Waals surface area (Å²) in [5.74, 6) is 1.39. The minimum Gasteiger partial charge on any atom is -0.497 e. The molecule has 2 rings (SSSR count). The second-order valence-electron chi connectivity index (χ2n) is 5.54. The fourth-order valence-electron chi connectivity index (χ4n) is 2.59. The van der Waals surface area contributed by atoms with E-state index >= 15 is 0 Å². The molecule has 2 unspecified atom stereocenters. The van der Waals surface area contributed by atoms with E-state index in [0.717, 1.165) is 28.0 Å². The topological polar surface area (TPSA) is 86.7 Å². The van der Waals surface area contributed by atoms with Gasteiger partial charge in [0.05, 0.1) is 25.7 Å². The summed E-state index contributed by atoms with van der Waals surface area (Å²) >= 11 is 0. The third-order valence-electron chi connectivity index (χ3n) is 3.96. The molecule has 2 aromatic rings. The first kappa shape index (κ1) is 17.3. The molecule has 23 heavy (non-hydrogen) atoms. The van der Waals surface area contributed by atoms with E-state index in [1.54, 1.807) is 14.2 Å². The third-order valence-corrected chi connectivity index (χ3v) is 3.96. The highest BCUT2D eigenvalue weighted by Crippen LogP contribution is 2.31. The maximum atomic E-state index is 12.1. The van der Waals surface area contributed by atoms with Gasteiger partial charge in [-0.25, -0.2) is 0 Å². The molecule has 1 aromatic carbocycles. The molecule has 1 amide bonds. The van der Waals surface area contributed by atoms with E-state index in [9.17, 15) is 4.79 Å². The average Bonchev–Trinajstić information content (AvgIpc) is 2.89. The Labute approximate surface area is 135 Å². The van der Waals surface area contributed by atoms with Crippen molar-refractivity contribution in [2.24, 2.45) is 5.73 Å². The molecule has 0 saturated heterocycles. The summed E-state index contributed by atoms with van der Waals surface area (Å²) in [7, 11) is 3.18. The Morgan fingerprint density at radius 3 is 2.74 bits per heavy atom. The van der Waals surface area contributed by atoms with Crippen molar-refractivity contribution in [3.63, 3.8) is 0 Å². The van der Waals surface area contributed by atoms with Crippen molar-refractivity contribution in [2.75, 3.05) is 20.8 Å². The van der Waals surface area contributed by atoms with Crippen molar-refractivity contribution >= 4 is 16.9 Å². The van der Waals surface area contributed by atoms with Crippen LogP contribution < -0.4 is 15.8 Å². The van der Waals surface area contributed by atoms with Crippen LogP contribution in [0.15, 0.2) is 22.6 Å². The van der Waals surface area contributed by atoms with E-state index in [4.69, 9.17) is 19.6 Å². The van der Waals surface area contributed by atoms with Crippen LogP contribution >= 0.6 is 0 Å². The van der Waals surface area contributed by atoms with E-state index in [0.29, 0.717) is 6.54 Å². The van der Waals surface area contributed by atoms with Gasteiger partial charge in [-0.3, -0.25) is 4.79 Å². The standard InChI is InChI=1S/C17H24N2O4/c1-10-14-7-12(21-3)5-6-15(14)23-17(10)11(2)19-16(20)8-13(9-18)22-4/h5-7,11,13H,8-9,18H2,1-4H3,(H,19,20). The van der Waals surface area contributed by atoms with Crippen molar-refractivity contribution in [3.05, 3.63) is 29.5 Å². The molecule has 0 aliphatic carbocycles. The lowest BCUT2D eigenvalue weighted by molar-refractivity contribution is -0.124. The number of aryl methyl sites for hydroxylation is 1. The maximum Gasteiger partial charge on any atom is 0.223 e. The maximum absolute atomic E-state index is 12.1. The zero-order valence-electron chi connectivity index (χ0n) is 14.0. The van der Waals surface area contributed by atoms with Gasteiger partial charge in [-0.15, -0.1) is 0 Å². The molecular formula is C17H24N2O4. The molecule has 0 bridgehead atoms. The Morgan fingerprint density at radius 1 is 1.39 bits per heavy atom. The van der Waals surface area contributed by atoms with Gasteiger partial charge in [-0.1, -0.05) is 0 Å². The fourth-order valence-corrected chi connectivity index (χ4v) is 2.59. The van der Waals surface area contributed by atoms with E-state index in [1.807, 2.05) is 32.0 Å². The van der Waals surface area contributed by atoms with Crippen molar-refractivity contribution in [3.8, 4) is 5.75 Å². The lowest BCUT2D eigenvalue weighted by Crippen LogP contribution is -2.33. The van der Waals surface area contributed by atoms with E-state index in [2.05, 4.69) is 5.32 Å². The number of nitrogens with one attached hydrogen (secondary N) is 1. The molecule has 6 heteroatoms. The SMILES string of the molecule is COc1ccc2oc(C(C)NC(=O)CC(CN)OC)c(C)c2c1. The first-order valence-electron chi connectivity index (χ1n) is 7.59. The molecule has 126 valence electrons. The molecule has 0 saturated carbocycles. The lowest BCUT2D eigenvalue weighted by Gasteiger charge is -2.16. The number of rotatable bonds is 7. The van der Waals surface area contributed by atoms with Crippen LogP contribution in [-0.4, -0.2) is 32.8 Å². The van der Waals surface area contributed by atoms with Gasteiger partial charge < -0.3 is 24.9 Å². The van der Waals surface area contributed by atoms with Gasteiger partial charge in [0.25, 0.3) is 0 Å². The van der Waals surface area contributed by atoms with Crippen LogP contribution in [0.1, 0.15) is 30.7 Å². The van der Waals surface area contributed by atoms with Crippen molar-refractivity contribution in [2.45, 2.75) is 32.4 Å². The molecular weight excluding hydrogens is 296 g/mol. The predicted molar refractivity (Wildman–Crippen MR) is 88.5 cm³/mol. The lowest BCUT2D eigenvalue weighted by atomic mass is 10.1. The summed E-state index contributed by atoms with van der Waals surface area (Å²) in [6.45, 7) is 4.17. The number of furan rings is 1. The number of hydrogen-bond donors (Lipinski definition) is 2. The summed E-state index contributed by atoms with van der Waals surface area (Å²) in [6.07, 6.45) is -0.0482. The quantitative estimate of drug-likeness (QED) is 0.817. The van der Waals surface area contributed by atoms with Gasteiger partial charge in [-0.2, -0.15) is 0 Å². The first-order valence-corrected chi connectivity index (χ1v) is 7.59. The summed E-state index contributed by atoms with van der Waals surface area (Å²) < 4.78 is 16.3. The Bertz CT molecular complexity index is 677. The highest BCUT2D eigenvalue weighted by atomic mass is 16.5. The average molecular weight is 320 g/mol. The van der Waals surface area contributed by atoms with Gasteiger partial charge in [0.1, 0.15) is 17.1 Å². The smallest absolute Gasteiger partial charge is 0.223 e. The van der Waals surface area contributed by atoms with Gasteiger partial charge in [0, 0.05) is 24.6 Å². The minimum atomic E-state index is -0.275. The molecule has 1 heterocycles. The number of nitrogens with two attached hydrogens (primary N) is 1. The zero-order valence-corrected chi connectivity index (χ0v) is 14.0. The second-order valence-corrected chi connectivity index (χ2v) is 5.54. The van der Waals surface area contributed by atoms with Crippen molar-refractivity contribution in [1.29, 1.82) is 0 Å². The van der Waals surface area contributed by atoms with Crippen LogP contribution in [-0.2, 0) is 9.53 Å². The number of benzene rings is 1. The first-order chi connectivity index (χ1) is 11.0. The Hall–Kier alpha value is -2.05. The van der Waals surface area contributed by atoms with Gasteiger partial charge in [-0.05, 0) is 32.0 Å². The van der Waals surface area contributed by atoms with Crippen LogP contribution in [0.4, 0.5) is 0 Å². The second kappa shape index (κ2) is 7.48. The van der Waals surface area contributed by atoms with Crippen LogP contribution in [0.5, 0.6) is 5.75 Å². The predicted octanol–water partition coefficient (Wildman–Crippen LogP) is 2.29. The number of fused-ring (bicyclic) bond motifs is 1. The van der Waals surface area contributed by atoms with Crippen molar-refractivity contribution in [1.82, 2.24) is 5.32 Å². The molecule has 6 nitrogen and oxygen atoms in total. The van der Waals surface area contributed by atoms with E-state index in [-0.39, 0.29) is 24.5 Å². The molecule has 0 aliphatic rings. The summed E-state index contributed by atoms with van der Waals surface area (Å²) in [5, 5.41) is 3.91. The molecule has 0 spiro atoms. The Kier molecular flexibility index (Phi) is 5.63. The van der Waals surface area contributed by atoms with Crippen molar-refractivity contribution < 1.29 is 18.7 Å². The molecule has 1 aromatic heterocycles. The molecule has 0 radical (unpaired) electrons. The largest absolute Gasteiger partial charge is 0.497 e. The highest BCUT2D eigenvalue weighted by molar-refractivity contribution is 5.84. The van der Waals surface area contributed by atoms with Crippen LogP contribution in [0.3, 0.4) is 0 Å². The Morgan fingerprint density at radius 2 is 2.13 bits per heavy atom. The van der Waals surface area contributed by atoms with Gasteiger partial charge in [0.2, 0.25) is 5.91 Å². The zero-order chi connectivity index (χ0) is 17.0. The molecule has 2 atom stereocenters. The molecule has 0 fully saturated rings. The van der Waals surface area contributed by atoms with Crippen LogP contribution in [0.25, 0.3) is 11.0 Å². The van der Waals surface area contributed by atoms with Crippen LogP contribution in [0.2, 0.25) is 0 Å². The number of amides is 1. The minimum absolute atomic E-state index is 0.118. The van der Waals surface area contributed by atoms with Gasteiger partial charge in [0.15, 0.2) is 0 Å². The van der Waals surface area contributed by atoms with E-state index in [1.165, 1.54) is 0 Å².